The quantitative estimate of drug-likeness (QED) is 0.349. The third-order valence-electron chi connectivity index (χ3n) is 3.79. The zero-order valence-electron chi connectivity index (χ0n) is 15.8. The van der Waals surface area contributed by atoms with Gasteiger partial charge in [-0.15, -0.1) is 0 Å². The third kappa shape index (κ3) is 5.69. The highest BCUT2D eigenvalue weighted by Gasteiger charge is 2.07. The Morgan fingerprint density at radius 1 is 1.15 bits per heavy atom. The number of aromatic nitrogens is 3. The maximum atomic E-state index is 5.86. The molecule has 0 radical (unpaired) electrons. The van der Waals surface area contributed by atoms with Gasteiger partial charge in [0.05, 0.1) is 19.4 Å². The zero-order valence-corrected chi connectivity index (χ0v) is 16.6. The van der Waals surface area contributed by atoms with E-state index in [0.717, 1.165) is 42.1 Å². The van der Waals surface area contributed by atoms with E-state index in [2.05, 4.69) is 29.1 Å². The van der Waals surface area contributed by atoms with E-state index in [1.54, 1.807) is 10.9 Å². The van der Waals surface area contributed by atoms with Crippen LogP contribution in [0.1, 0.15) is 57.8 Å². The SMILES string of the molecule is CCCCCOc1ccc(/C=N\n2c(CCC)n[nH]c2=S)cc1OCC. The normalized spacial score (nSPS) is 11.2. The lowest BCUT2D eigenvalue weighted by Crippen LogP contribution is -2.02. The van der Waals surface area contributed by atoms with E-state index in [4.69, 9.17) is 21.7 Å². The molecule has 0 saturated carbocycles. The summed E-state index contributed by atoms with van der Waals surface area (Å²) in [5.74, 6) is 2.33. The first-order valence-electron chi connectivity index (χ1n) is 9.29. The summed E-state index contributed by atoms with van der Waals surface area (Å²) in [6, 6.07) is 5.83. The molecule has 6 nitrogen and oxygen atoms in total. The molecule has 0 aliphatic carbocycles. The summed E-state index contributed by atoms with van der Waals surface area (Å²) < 4.78 is 13.7. The van der Waals surface area contributed by atoms with E-state index in [-0.39, 0.29) is 0 Å². The average molecular weight is 377 g/mol. The van der Waals surface area contributed by atoms with Crippen LogP contribution >= 0.6 is 12.2 Å². The monoisotopic (exact) mass is 376 g/mol. The summed E-state index contributed by atoms with van der Waals surface area (Å²) in [6.07, 6.45) is 6.94. The molecule has 0 aliphatic heterocycles. The van der Waals surface area contributed by atoms with Crippen LogP contribution in [0.15, 0.2) is 23.3 Å². The first-order valence-corrected chi connectivity index (χ1v) is 9.70. The number of ether oxygens (including phenoxy) is 2. The van der Waals surface area contributed by atoms with Crippen molar-refractivity contribution in [3.63, 3.8) is 0 Å². The molecule has 0 unspecified atom stereocenters. The second kappa shape index (κ2) is 10.8. The second-order valence-corrected chi connectivity index (χ2v) is 6.33. The molecule has 2 rings (SSSR count). The van der Waals surface area contributed by atoms with Gasteiger partial charge in [-0.25, -0.2) is 0 Å². The van der Waals surface area contributed by atoms with Crippen LogP contribution in [-0.2, 0) is 6.42 Å². The number of hydrogen-bond donors (Lipinski definition) is 1. The van der Waals surface area contributed by atoms with Gasteiger partial charge in [0.15, 0.2) is 17.3 Å². The molecule has 0 saturated heterocycles. The van der Waals surface area contributed by atoms with Crippen LogP contribution in [0.5, 0.6) is 11.5 Å². The van der Waals surface area contributed by atoms with Crippen molar-refractivity contribution < 1.29 is 9.47 Å². The molecule has 2 aromatic rings. The molecule has 26 heavy (non-hydrogen) atoms. The summed E-state index contributed by atoms with van der Waals surface area (Å²) in [5.41, 5.74) is 0.917. The lowest BCUT2D eigenvalue weighted by atomic mass is 10.2. The van der Waals surface area contributed by atoms with Crippen LogP contribution in [0.2, 0.25) is 0 Å². The number of aryl methyl sites for hydroxylation is 1. The lowest BCUT2D eigenvalue weighted by molar-refractivity contribution is 0.271. The van der Waals surface area contributed by atoms with Crippen molar-refractivity contribution in [2.75, 3.05) is 13.2 Å². The topological polar surface area (TPSA) is 64.4 Å². The van der Waals surface area contributed by atoms with Gasteiger partial charge in [-0.1, -0.05) is 26.7 Å². The first-order chi connectivity index (χ1) is 12.7. The number of nitrogens with zero attached hydrogens (tertiary/aromatic N) is 3. The number of hydrogen-bond acceptors (Lipinski definition) is 5. The lowest BCUT2D eigenvalue weighted by Gasteiger charge is -2.12. The van der Waals surface area contributed by atoms with E-state index in [0.29, 0.717) is 18.0 Å². The van der Waals surface area contributed by atoms with Crippen LogP contribution in [-0.4, -0.2) is 34.3 Å². The highest BCUT2D eigenvalue weighted by Crippen LogP contribution is 2.28. The van der Waals surface area contributed by atoms with Gasteiger partial charge < -0.3 is 9.47 Å². The van der Waals surface area contributed by atoms with Crippen molar-refractivity contribution in [3.05, 3.63) is 34.4 Å². The molecule has 0 bridgehead atoms. The van der Waals surface area contributed by atoms with Gasteiger partial charge >= 0.3 is 0 Å². The summed E-state index contributed by atoms with van der Waals surface area (Å²) in [5, 5.41) is 11.5. The number of H-pyrrole nitrogens is 1. The average Bonchev–Trinajstić information content (AvgIpc) is 2.98. The highest BCUT2D eigenvalue weighted by molar-refractivity contribution is 7.71. The van der Waals surface area contributed by atoms with Crippen molar-refractivity contribution >= 4 is 18.4 Å². The fourth-order valence-electron chi connectivity index (χ4n) is 2.48. The molecule has 142 valence electrons. The molecule has 0 spiro atoms. The highest BCUT2D eigenvalue weighted by atomic mass is 32.1. The van der Waals surface area contributed by atoms with Crippen LogP contribution in [0.3, 0.4) is 0 Å². The van der Waals surface area contributed by atoms with E-state index in [9.17, 15) is 0 Å². The van der Waals surface area contributed by atoms with Gasteiger partial charge in [-0.2, -0.15) is 14.9 Å². The Kier molecular flexibility index (Phi) is 8.34. The van der Waals surface area contributed by atoms with Crippen LogP contribution in [0.25, 0.3) is 0 Å². The molecule has 1 aromatic carbocycles. The molecule has 1 N–H and O–H groups in total. The molecule has 0 atom stereocenters. The minimum absolute atomic E-state index is 0.491. The third-order valence-corrected chi connectivity index (χ3v) is 4.05. The van der Waals surface area contributed by atoms with Gasteiger partial charge in [0.2, 0.25) is 4.77 Å². The van der Waals surface area contributed by atoms with Gasteiger partial charge in [0, 0.05) is 6.42 Å². The molecule has 0 amide bonds. The summed E-state index contributed by atoms with van der Waals surface area (Å²) in [6.45, 7) is 7.52. The fourth-order valence-corrected chi connectivity index (χ4v) is 2.68. The molecule has 1 heterocycles. The minimum Gasteiger partial charge on any atom is -0.490 e. The summed E-state index contributed by atoms with van der Waals surface area (Å²) in [7, 11) is 0. The Bertz CT molecular complexity index is 767. The Morgan fingerprint density at radius 3 is 2.73 bits per heavy atom. The number of benzene rings is 1. The number of nitrogens with one attached hydrogen (secondary N) is 1. The summed E-state index contributed by atoms with van der Waals surface area (Å²) >= 11 is 5.25. The van der Waals surface area contributed by atoms with Gasteiger partial charge in [-0.05, 0) is 55.7 Å². The molecule has 7 heteroatoms. The van der Waals surface area contributed by atoms with Gasteiger partial charge in [0.1, 0.15) is 0 Å². The maximum absolute atomic E-state index is 5.86. The van der Waals surface area contributed by atoms with Gasteiger partial charge in [0.25, 0.3) is 0 Å². The van der Waals surface area contributed by atoms with Crippen molar-refractivity contribution in [1.29, 1.82) is 0 Å². The number of unbranched alkanes of at least 4 members (excludes halogenated alkanes) is 2. The predicted molar refractivity (Wildman–Crippen MR) is 107 cm³/mol. The van der Waals surface area contributed by atoms with Crippen molar-refractivity contribution in [2.24, 2.45) is 5.10 Å². The van der Waals surface area contributed by atoms with Gasteiger partial charge in [-0.3, -0.25) is 5.10 Å². The fraction of sp³-hybridized carbons (Fsp3) is 0.526. The molecule has 1 aromatic heterocycles. The van der Waals surface area contributed by atoms with E-state index in [1.807, 2.05) is 25.1 Å². The zero-order chi connectivity index (χ0) is 18.8. The molecular formula is C19H28N4O2S. The predicted octanol–water partition coefficient (Wildman–Crippen LogP) is 4.74. The Labute approximate surface area is 160 Å². The Morgan fingerprint density at radius 2 is 2.00 bits per heavy atom. The second-order valence-electron chi connectivity index (χ2n) is 5.95. The van der Waals surface area contributed by atoms with E-state index in [1.165, 1.54) is 12.8 Å². The van der Waals surface area contributed by atoms with Crippen LogP contribution in [0, 0.1) is 4.77 Å². The van der Waals surface area contributed by atoms with E-state index < -0.39 is 0 Å². The van der Waals surface area contributed by atoms with Crippen molar-refractivity contribution in [1.82, 2.24) is 14.9 Å². The molecule has 0 aliphatic rings. The maximum Gasteiger partial charge on any atom is 0.216 e. The van der Waals surface area contributed by atoms with Crippen LogP contribution in [0.4, 0.5) is 0 Å². The first kappa shape index (κ1) is 20.2. The Balaban J connectivity index is 2.15. The standard InChI is InChI=1S/C19H28N4O2S/c1-4-7-8-12-25-16-11-10-15(13-17(16)24-6-3)14-20-23-18(9-5-2)21-22-19(23)26/h10-11,13-14H,4-9,12H2,1-3H3,(H,22,26)/b20-14-. The van der Waals surface area contributed by atoms with Crippen molar-refractivity contribution in [3.8, 4) is 11.5 Å². The minimum atomic E-state index is 0.491. The Hall–Kier alpha value is -2.15. The smallest absolute Gasteiger partial charge is 0.216 e. The number of aromatic amines is 1. The largest absolute Gasteiger partial charge is 0.490 e. The summed E-state index contributed by atoms with van der Waals surface area (Å²) in [4.78, 5) is 0. The van der Waals surface area contributed by atoms with Crippen molar-refractivity contribution in [2.45, 2.75) is 52.9 Å². The van der Waals surface area contributed by atoms with E-state index >= 15 is 0 Å². The molecule has 0 fully saturated rings. The number of rotatable bonds is 11. The van der Waals surface area contributed by atoms with Crippen LogP contribution < -0.4 is 9.47 Å². The molecular weight excluding hydrogens is 348 g/mol.